The van der Waals surface area contributed by atoms with Gasteiger partial charge in [-0.2, -0.15) is 0 Å². The third-order valence-electron chi connectivity index (χ3n) is 3.37. The van der Waals surface area contributed by atoms with Crippen molar-refractivity contribution in [3.63, 3.8) is 0 Å². The maximum Gasteiger partial charge on any atom is 0.0699 e. The van der Waals surface area contributed by atoms with Gasteiger partial charge in [-0.3, -0.25) is 0 Å². The maximum absolute atomic E-state index is 9.57. The summed E-state index contributed by atoms with van der Waals surface area (Å²) in [6.45, 7) is 12.6. The maximum atomic E-state index is 9.57. The Hall–Kier alpha value is -0.530. The van der Waals surface area contributed by atoms with Gasteiger partial charge in [-0.05, 0) is 46.9 Å². The van der Waals surface area contributed by atoms with Crippen molar-refractivity contribution >= 4 is 11.6 Å². The van der Waals surface area contributed by atoms with Gasteiger partial charge in [0.25, 0.3) is 0 Å². The van der Waals surface area contributed by atoms with Crippen molar-refractivity contribution in [3.05, 3.63) is 40.3 Å². The largest absolute Gasteiger partial charge is 0.392 e. The SMILES string of the molecule is [CH2]CCc1c(C(C)C)cc(C(C)C)c(CO)c1Cl. The summed E-state index contributed by atoms with van der Waals surface area (Å²) in [6, 6.07) is 2.22. The first-order chi connectivity index (χ1) is 8.43. The molecule has 0 aliphatic carbocycles. The Balaban J connectivity index is 3.51. The zero-order valence-corrected chi connectivity index (χ0v) is 12.6. The lowest BCUT2D eigenvalue weighted by Crippen LogP contribution is -2.06. The molecule has 0 unspecified atom stereocenters. The summed E-state index contributed by atoms with van der Waals surface area (Å²) < 4.78 is 0. The van der Waals surface area contributed by atoms with Crippen LogP contribution in [0.25, 0.3) is 0 Å². The number of hydrogen-bond acceptors (Lipinski definition) is 1. The Kier molecular flexibility index (Phi) is 5.68. The smallest absolute Gasteiger partial charge is 0.0699 e. The van der Waals surface area contributed by atoms with Crippen LogP contribution in [-0.2, 0) is 13.0 Å². The molecule has 1 aromatic carbocycles. The van der Waals surface area contributed by atoms with Gasteiger partial charge in [0.2, 0.25) is 0 Å². The molecule has 0 amide bonds. The van der Waals surface area contributed by atoms with Crippen LogP contribution in [-0.4, -0.2) is 5.11 Å². The Bertz CT molecular complexity index is 408. The second kappa shape index (κ2) is 6.58. The van der Waals surface area contributed by atoms with Gasteiger partial charge in [-0.1, -0.05) is 52.3 Å². The zero-order chi connectivity index (χ0) is 13.9. The molecule has 0 bridgehead atoms. The van der Waals surface area contributed by atoms with Crippen molar-refractivity contribution < 1.29 is 5.11 Å². The number of hydrogen-bond donors (Lipinski definition) is 1. The van der Waals surface area contributed by atoms with Crippen LogP contribution in [0.2, 0.25) is 5.02 Å². The molecule has 2 heteroatoms. The lowest BCUT2D eigenvalue weighted by Gasteiger charge is -2.22. The first-order valence-electron chi connectivity index (χ1n) is 6.68. The molecule has 1 nitrogen and oxygen atoms in total. The van der Waals surface area contributed by atoms with Crippen LogP contribution in [0.5, 0.6) is 0 Å². The van der Waals surface area contributed by atoms with Gasteiger partial charge in [-0.15, -0.1) is 0 Å². The summed E-state index contributed by atoms with van der Waals surface area (Å²) in [6.07, 6.45) is 1.70. The van der Waals surface area contributed by atoms with Crippen LogP contribution in [0.1, 0.15) is 68.2 Å². The number of rotatable bonds is 5. The van der Waals surface area contributed by atoms with E-state index in [0.717, 1.165) is 29.0 Å². The molecule has 0 heterocycles. The second-order valence-corrected chi connectivity index (χ2v) is 5.78. The van der Waals surface area contributed by atoms with Gasteiger partial charge in [0, 0.05) is 5.02 Å². The molecule has 0 saturated carbocycles. The molecule has 1 aromatic rings. The topological polar surface area (TPSA) is 20.2 Å². The fourth-order valence-corrected chi connectivity index (χ4v) is 2.77. The minimum absolute atomic E-state index is 0.00879. The lowest BCUT2D eigenvalue weighted by molar-refractivity contribution is 0.280. The van der Waals surface area contributed by atoms with E-state index >= 15 is 0 Å². The van der Waals surface area contributed by atoms with Crippen LogP contribution < -0.4 is 0 Å². The molecule has 0 fully saturated rings. The van der Waals surface area contributed by atoms with Crippen LogP contribution in [0, 0.1) is 6.92 Å². The number of halogens is 1. The Morgan fingerprint density at radius 1 is 1.11 bits per heavy atom. The fourth-order valence-electron chi connectivity index (χ4n) is 2.40. The minimum atomic E-state index is 0.00879. The Morgan fingerprint density at radius 3 is 2.00 bits per heavy atom. The summed E-state index contributed by atoms with van der Waals surface area (Å²) in [5.41, 5.74) is 4.51. The molecule has 1 rings (SSSR count). The molecule has 1 radical (unpaired) electrons. The van der Waals surface area contributed by atoms with Crippen LogP contribution in [0.3, 0.4) is 0 Å². The molecule has 1 N–H and O–H groups in total. The summed E-state index contributed by atoms with van der Waals surface area (Å²) >= 11 is 6.50. The molecule has 101 valence electrons. The average Bonchev–Trinajstić information content (AvgIpc) is 2.30. The van der Waals surface area contributed by atoms with E-state index in [1.165, 1.54) is 11.1 Å². The first kappa shape index (κ1) is 15.5. The molecule has 0 saturated heterocycles. The summed E-state index contributed by atoms with van der Waals surface area (Å²) in [4.78, 5) is 0. The van der Waals surface area contributed by atoms with Crippen LogP contribution in [0.15, 0.2) is 6.07 Å². The highest BCUT2D eigenvalue weighted by Gasteiger charge is 2.18. The van der Waals surface area contributed by atoms with E-state index < -0.39 is 0 Å². The highest BCUT2D eigenvalue weighted by Crippen LogP contribution is 2.36. The molecule has 0 spiro atoms. The molecular formula is C16H24ClO. The molecule has 0 aromatic heterocycles. The van der Waals surface area contributed by atoms with Crippen molar-refractivity contribution in [2.75, 3.05) is 0 Å². The van der Waals surface area contributed by atoms with Gasteiger partial charge in [-0.25, -0.2) is 0 Å². The van der Waals surface area contributed by atoms with E-state index in [2.05, 4.69) is 40.7 Å². The van der Waals surface area contributed by atoms with E-state index in [1.54, 1.807) is 0 Å². The predicted octanol–water partition coefficient (Wildman–Crippen LogP) is 4.85. The number of benzene rings is 1. The van der Waals surface area contributed by atoms with Gasteiger partial charge in [0.15, 0.2) is 0 Å². The van der Waals surface area contributed by atoms with E-state index in [1.807, 2.05) is 0 Å². The van der Waals surface area contributed by atoms with Gasteiger partial charge in [0.05, 0.1) is 6.61 Å². The van der Waals surface area contributed by atoms with Gasteiger partial charge < -0.3 is 5.11 Å². The van der Waals surface area contributed by atoms with Crippen LogP contribution in [0.4, 0.5) is 0 Å². The molecule has 0 aliphatic rings. The monoisotopic (exact) mass is 267 g/mol. The highest BCUT2D eigenvalue weighted by atomic mass is 35.5. The third-order valence-corrected chi connectivity index (χ3v) is 3.82. The van der Waals surface area contributed by atoms with Crippen molar-refractivity contribution in [2.24, 2.45) is 0 Å². The summed E-state index contributed by atoms with van der Waals surface area (Å²) in [7, 11) is 0. The van der Waals surface area contributed by atoms with E-state index in [4.69, 9.17) is 11.6 Å². The average molecular weight is 268 g/mol. The zero-order valence-electron chi connectivity index (χ0n) is 11.9. The van der Waals surface area contributed by atoms with Crippen molar-refractivity contribution in [3.8, 4) is 0 Å². The standard InChI is InChI=1S/C16H24ClO/c1-6-7-12-13(10(2)3)8-14(11(4)5)15(9-18)16(12)17/h8,10-11,18H,1,6-7,9H2,2-5H3. The van der Waals surface area contributed by atoms with Crippen molar-refractivity contribution in [1.29, 1.82) is 0 Å². The first-order valence-corrected chi connectivity index (χ1v) is 7.05. The van der Waals surface area contributed by atoms with E-state index in [-0.39, 0.29) is 6.61 Å². The van der Waals surface area contributed by atoms with Gasteiger partial charge in [0.1, 0.15) is 0 Å². The van der Waals surface area contributed by atoms with Crippen molar-refractivity contribution in [2.45, 2.75) is 59.0 Å². The summed E-state index contributed by atoms with van der Waals surface area (Å²) in [5, 5.41) is 10.3. The van der Waals surface area contributed by atoms with E-state index in [0.29, 0.717) is 11.8 Å². The molecule has 18 heavy (non-hydrogen) atoms. The normalized spacial score (nSPS) is 11.6. The fraction of sp³-hybridized carbons (Fsp3) is 0.562. The van der Waals surface area contributed by atoms with Crippen molar-refractivity contribution in [1.82, 2.24) is 0 Å². The molecule has 0 atom stereocenters. The summed E-state index contributed by atoms with van der Waals surface area (Å²) in [5.74, 6) is 0.810. The highest BCUT2D eigenvalue weighted by molar-refractivity contribution is 6.32. The lowest BCUT2D eigenvalue weighted by atomic mass is 9.86. The number of aliphatic hydroxyl groups is 1. The van der Waals surface area contributed by atoms with E-state index in [9.17, 15) is 5.11 Å². The minimum Gasteiger partial charge on any atom is -0.392 e. The second-order valence-electron chi connectivity index (χ2n) is 5.40. The third kappa shape index (κ3) is 3.07. The quantitative estimate of drug-likeness (QED) is 0.809. The van der Waals surface area contributed by atoms with Gasteiger partial charge >= 0.3 is 0 Å². The molecule has 0 aliphatic heterocycles. The Morgan fingerprint density at radius 2 is 1.61 bits per heavy atom. The van der Waals surface area contributed by atoms with Crippen LogP contribution >= 0.6 is 11.6 Å². The predicted molar refractivity (Wildman–Crippen MR) is 79.2 cm³/mol. The number of aliphatic hydroxyl groups excluding tert-OH is 1. The Labute approximate surface area is 116 Å². The molecular weight excluding hydrogens is 244 g/mol.